The van der Waals surface area contributed by atoms with E-state index in [9.17, 15) is 18.0 Å². The van der Waals surface area contributed by atoms with Crippen LogP contribution in [0, 0.1) is 0 Å². The van der Waals surface area contributed by atoms with Crippen molar-refractivity contribution < 1.29 is 22.7 Å². The van der Waals surface area contributed by atoms with Crippen LogP contribution in [0.15, 0.2) is 47.4 Å². The third-order valence-corrected chi connectivity index (χ3v) is 6.21. The van der Waals surface area contributed by atoms with Crippen LogP contribution in [0.25, 0.3) is 0 Å². The summed E-state index contributed by atoms with van der Waals surface area (Å²) in [4.78, 5) is 26.3. The Labute approximate surface area is 180 Å². The second-order valence-corrected chi connectivity index (χ2v) is 9.13. The van der Waals surface area contributed by atoms with Crippen LogP contribution in [0.4, 0.5) is 5.69 Å². The molecule has 1 fully saturated rings. The lowest BCUT2D eigenvalue weighted by molar-refractivity contribution is -0.116. The predicted molar refractivity (Wildman–Crippen MR) is 113 cm³/mol. The summed E-state index contributed by atoms with van der Waals surface area (Å²) in [5.41, 5.74) is 0.555. The lowest BCUT2D eigenvalue weighted by Crippen LogP contribution is -2.35. The molecule has 2 aromatic rings. The molecule has 0 aromatic heterocycles. The largest absolute Gasteiger partial charge is 0.495 e. The Balaban J connectivity index is 1.68. The molecule has 0 aliphatic heterocycles. The first-order valence-corrected chi connectivity index (χ1v) is 11.1. The van der Waals surface area contributed by atoms with Gasteiger partial charge < -0.3 is 15.0 Å². The van der Waals surface area contributed by atoms with Crippen LogP contribution in [0.5, 0.6) is 5.75 Å². The highest BCUT2D eigenvalue weighted by atomic mass is 35.5. The van der Waals surface area contributed by atoms with E-state index in [1.807, 2.05) is 0 Å². The minimum absolute atomic E-state index is 0.0155. The van der Waals surface area contributed by atoms with Gasteiger partial charge in [0, 0.05) is 23.7 Å². The van der Waals surface area contributed by atoms with Gasteiger partial charge in [-0.05, 0) is 49.2 Å². The quantitative estimate of drug-likeness (QED) is 0.641. The predicted octanol–water partition coefficient (Wildman–Crippen LogP) is 2.50. The Bertz CT molecular complexity index is 1070. The van der Waals surface area contributed by atoms with E-state index >= 15 is 0 Å². The van der Waals surface area contributed by atoms with Gasteiger partial charge in [-0.3, -0.25) is 9.59 Å². The van der Waals surface area contributed by atoms with Gasteiger partial charge in [0.2, 0.25) is 15.9 Å². The number of nitrogens with zero attached hydrogens (tertiary/aromatic N) is 1. The summed E-state index contributed by atoms with van der Waals surface area (Å²) < 4.78 is 32.5. The highest BCUT2D eigenvalue weighted by Crippen LogP contribution is 2.27. The summed E-state index contributed by atoms with van der Waals surface area (Å²) in [6.45, 7) is -0.244. The van der Waals surface area contributed by atoms with Crippen molar-refractivity contribution in [2.24, 2.45) is 0 Å². The molecule has 3 rings (SSSR count). The zero-order valence-corrected chi connectivity index (χ0v) is 18.1. The fourth-order valence-electron chi connectivity index (χ4n) is 2.76. The van der Waals surface area contributed by atoms with E-state index in [1.54, 1.807) is 18.2 Å². The summed E-state index contributed by atoms with van der Waals surface area (Å²) in [6.07, 6.45) is 1.63. The molecule has 0 bridgehead atoms. The molecular formula is C20H22ClN3O5S. The first-order chi connectivity index (χ1) is 14.2. The molecule has 160 valence electrons. The zero-order chi connectivity index (χ0) is 21.9. The molecule has 1 aliphatic carbocycles. The fourth-order valence-corrected chi connectivity index (χ4v) is 4.28. The molecule has 1 aliphatic rings. The van der Waals surface area contributed by atoms with Gasteiger partial charge in [0.1, 0.15) is 5.75 Å². The first-order valence-electron chi connectivity index (χ1n) is 9.21. The van der Waals surface area contributed by atoms with Gasteiger partial charge in [0.25, 0.3) is 5.91 Å². The van der Waals surface area contributed by atoms with Crippen molar-refractivity contribution >= 4 is 39.1 Å². The van der Waals surface area contributed by atoms with Crippen molar-refractivity contribution in [1.82, 2.24) is 9.62 Å². The van der Waals surface area contributed by atoms with Gasteiger partial charge in [0.15, 0.2) is 0 Å². The van der Waals surface area contributed by atoms with Crippen LogP contribution in [-0.2, 0) is 14.8 Å². The molecule has 0 saturated heterocycles. The number of nitrogens with one attached hydrogen (secondary N) is 2. The van der Waals surface area contributed by atoms with Crippen LogP contribution in [0.1, 0.15) is 23.2 Å². The third kappa shape index (κ3) is 5.50. The summed E-state index contributed by atoms with van der Waals surface area (Å²) in [5.74, 6) is -0.500. The van der Waals surface area contributed by atoms with E-state index in [2.05, 4.69) is 10.0 Å². The van der Waals surface area contributed by atoms with Gasteiger partial charge in [-0.25, -0.2) is 13.1 Å². The van der Waals surface area contributed by atoms with E-state index in [4.69, 9.17) is 16.3 Å². The van der Waals surface area contributed by atoms with E-state index in [1.165, 1.54) is 43.3 Å². The van der Waals surface area contributed by atoms with Crippen molar-refractivity contribution in [2.45, 2.75) is 23.8 Å². The van der Waals surface area contributed by atoms with Crippen molar-refractivity contribution in [3.05, 3.63) is 53.1 Å². The van der Waals surface area contributed by atoms with Gasteiger partial charge in [-0.15, -0.1) is 0 Å². The first kappa shape index (κ1) is 22.1. The molecule has 2 N–H and O–H groups in total. The molecular weight excluding hydrogens is 430 g/mol. The minimum Gasteiger partial charge on any atom is -0.495 e. The number of sulfonamides is 1. The zero-order valence-electron chi connectivity index (χ0n) is 16.5. The Morgan fingerprint density at radius 3 is 2.60 bits per heavy atom. The number of anilines is 1. The summed E-state index contributed by atoms with van der Waals surface area (Å²) in [6, 6.07) is 10.5. The van der Waals surface area contributed by atoms with Crippen LogP contribution in [0.3, 0.4) is 0 Å². The molecule has 2 aromatic carbocycles. The number of hydrogen-bond donors (Lipinski definition) is 2. The number of amides is 2. The number of benzene rings is 2. The number of ether oxygens (including phenoxy) is 1. The van der Waals surface area contributed by atoms with Gasteiger partial charge in [0.05, 0.1) is 24.2 Å². The maximum Gasteiger partial charge on any atom is 0.254 e. The number of hydrogen-bond acceptors (Lipinski definition) is 5. The Hall–Kier alpha value is -2.62. The summed E-state index contributed by atoms with van der Waals surface area (Å²) in [7, 11) is -0.756. The second-order valence-electron chi connectivity index (χ2n) is 6.98. The minimum atomic E-state index is -3.68. The van der Waals surface area contributed by atoms with E-state index in [0.29, 0.717) is 16.5 Å². The fraction of sp³-hybridized carbons (Fsp3) is 0.300. The van der Waals surface area contributed by atoms with Crippen molar-refractivity contribution in [1.29, 1.82) is 0 Å². The lowest BCUT2D eigenvalue weighted by atomic mass is 10.2. The SMILES string of the molecule is COc1ccc(Cl)cc1NC(=O)CN(C)C(=O)c1cccc(S(=O)(=O)NC2CC2)c1. The average molecular weight is 452 g/mol. The maximum absolute atomic E-state index is 12.7. The lowest BCUT2D eigenvalue weighted by Gasteiger charge is -2.18. The van der Waals surface area contributed by atoms with Crippen LogP contribution in [-0.4, -0.2) is 51.9 Å². The van der Waals surface area contributed by atoms with E-state index < -0.39 is 21.8 Å². The topological polar surface area (TPSA) is 105 Å². The molecule has 1 saturated carbocycles. The normalized spacial score (nSPS) is 13.6. The maximum atomic E-state index is 12.7. The average Bonchev–Trinajstić information content (AvgIpc) is 3.51. The number of carbonyl (C=O) groups is 2. The van der Waals surface area contributed by atoms with Crippen molar-refractivity contribution in [2.75, 3.05) is 26.0 Å². The molecule has 2 amide bonds. The Morgan fingerprint density at radius 1 is 1.20 bits per heavy atom. The summed E-state index contributed by atoms with van der Waals surface area (Å²) >= 11 is 5.95. The monoisotopic (exact) mass is 451 g/mol. The highest BCUT2D eigenvalue weighted by molar-refractivity contribution is 7.89. The van der Waals surface area contributed by atoms with Crippen LogP contribution in [0.2, 0.25) is 5.02 Å². The molecule has 0 unspecified atom stereocenters. The number of halogens is 1. The third-order valence-electron chi connectivity index (χ3n) is 4.45. The highest BCUT2D eigenvalue weighted by Gasteiger charge is 2.28. The molecule has 0 spiro atoms. The molecule has 8 nitrogen and oxygen atoms in total. The Kier molecular flexibility index (Phi) is 6.64. The van der Waals surface area contributed by atoms with Crippen LogP contribution >= 0.6 is 11.6 Å². The molecule has 0 radical (unpaired) electrons. The van der Waals surface area contributed by atoms with Crippen molar-refractivity contribution in [3.8, 4) is 5.75 Å². The molecule has 10 heteroatoms. The van der Waals surface area contributed by atoms with Gasteiger partial charge in [-0.1, -0.05) is 17.7 Å². The number of rotatable bonds is 8. The van der Waals surface area contributed by atoms with Gasteiger partial charge >= 0.3 is 0 Å². The van der Waals surface area contributed by atoms with E-state index in [-0.39, 0.29) is 23.0 Å². The number of likely N-dealkylation sites (N-methyl/N-ethyl adjacent to an activating group) is 1. The van der Waals surface area contributed by atoms with Crippen molar-refractivity contribution in [3.63, 3.8) is 0 Å². The molecule has 0 heterocycles. The standard InChI is InChI=1S/C20H22ClN3O5S/c1-24(12-19(25)22-17-11-14(21)6-9-18(17)29-2)20(26)13-4-3-5-16(10-13)30(27,28)23-15-7-8-15/h3-6,9-11,15,23H,7-8,12H2,1-2H3,(H,22,25). The van der Waals surface area contributed by atoms with E-state index in [0.717, 1.165) is 12.8 Å². The second kappa shape index (κ2) is 9.03. The molecule has 0 atom stereocenters. The van der Waals surface area contributed by atoms with Gasteiger partial charge in [-0.2, -0.15) is 0 Å². The van der Waals surface area contributed by atoms with Crippen LogP contribution < -0.4 is 14.8 Å². The number of methoxy groups -OCH3 is 1. The number of carbonyl (C=O) groups excluding carboxylic acids is 2. The Morgan fingerprint density at radius 2 is 1.93 bits per heavy atom. The molecule has 30 heavy (non-hydrogen) atoms. The smallest absolute Gasteiger partial charge is 0.254 e. The summed E-state index contributed by atoms with van der Waals surface area (Å²) in [5, 5.41) is 3.08.